The minimum Gasteiger partial charge on any atom is -0.311 e. The fraction of sp³-hybridized carbons (Fsp3) is 0.636. The van der Waals surface area contributed by atoms with Crippen LogP contribution in [-0.4, -0.2) is 38.0 Å². The van der Waals surface area contributed by atoms with Crippen LogP contribution >= 0.6 is 23.1 Å². The van der Waals surface area contributed by atoms with Crippen molar-refractivity contribution in [2.24, 2.45) is 0 Å². The summed E-state index contributed by atoms with van der Waals surface area (Å²) in [5, 5.41) is 5.89. The molecule has 0 spiro atoms. The zero-order valence-electron chi connectivity index (χ0n) is 10.2. The third kappa shape index (κ3) is 7.81. The lowest BCUT2D eigenvalue weighted by Crippen LogP contribution is -2.22. The molecule has 1 rings (SSSR count). The van der Waals surface area contributed by atoms with E-state index in [0.717, 1.165) is 13.1 Å². The Morgan fingerprint density at radius 2 is 2.29 bits per heavy atom. The summed E-state index contributed by atoms with van der Waals surface area (Å²) in [6.07, 6.45) is 1.28. The molecular weight excluding hydrogens is 274 g/mol. The van der Waals surface area contributed by atoms with E-state index in [-0.39, 0.29) is 5.75 Å². The van der Waals surface area contributed by atoms with E-state index in [1.807, 2.05) is 6.07 Å². The molecule has 1 N–H and O–H groups in total. The van der Waals surface area contributed by atoms with Gasteiger partial charge in [0, 0.05) is 35.2 Å². The number of rotatable bonds is 8. The van der Waals surface area contributed by atoms with Crippen molar-refractivity contribution in [3.63, 3.8) is 0 Å². The number of thiophene rings is 1. The summed E-state index contributed by atoms with van der Waals surface area (Å²) in [6.45, 7) is 3.93. The van der Waals surface area contributed by atoms with E-state index in [2.05, 4.69) is 23.7 Å². The molecule has 1 heterocycles. The van der Waals surface area contributed by atoms with E-state index in [1.54, 1.807) is 23.1 Å². The highest BCUT2D eigenvalue weighted by Crippen LogP contribution is 2.11. The third-order valence-corrected chi connectivity index (χ3v) is 5.42. The molecule has 0 aliphatic heterocycles. The Morgan fingerprint density at radius 1 is 1.53 bits per heavy atom. The number of thioether (sulfide) groups is 1. The highest BCUT2D eigenvalue weighted by atomic mass is 32.2. The second-order valence-electron chi connectivity index (χ2n) is 4.02. The maximum absolute atomic E-state index is 11.0. The fourth-order valence-corrected chi connectivity index (χ4v) is 4.18. The summed E-state index contributed by atoms with van der Waals surface area (Å²) in [6, 6.07) is 4.16. The Hall–Kier alpha value is -0.0400. The first-order valence-electron chi connectivity index (χ1n) is 5.50. The maximum atomic E-state index is 11.0. The van der Waals surface area contributed by atoms with Gasteiger partial charge in [0.2, 0.25) is 0 Å². The third-order valence-electron chi connectivity index (χ3n) is 2.17. The topological polar surface area (TPSA) is 46.2 Å². The fourth-order valence-electron chi connectivity index (χ4n) is 1.27. The van der Waals surface area contributed by atoms with E-state index in [1.165, 1.54) is 11.1 Å². The molecule has 1 unspecified atom stereocenters. The summed E-state index contributed by atoms with van der Waals surface area (Å²) < 4.78 is 21.9. The molecule has 0 fully saturated rings. The van der Waals surface area contributed by atoms with Crippen molar-refractivity contribution in [3.05, 3.63) is 22.4 Å². The van der Waals surface area contributed by atoms with Crippen molar-refractivity contribution in [1.82, 2.24) is 5.32 Å². The Bertz CT molecular complexity index is 400. The quantitative estimate of drug-likeness (QED) is 0.796. The van der Waals surface area contributed by atoms with Crippen LogP contribution in [-0.2, 0) is 16.4 Å². The molecule has 1 aromatic rings. The van der Waals surface area contributed by atoms with Gasteiger partial charge in [0.15, 0.2) is 0 Å². The van der Waals surface area contributed by atoms with Crippen molar-refractivity contribution in [2.75, 3.05) is 24.3 Å². The molecule has 0 aliphatic carbocycles. The van der Waals surface area contributed by atoms with Gasteiger partial charge in [0.25, 0.3) is 0 Å². The molecule has 1 atom stereocenters. The number of hydrogen-bond donors (Lipinski definition) is 1. The van der Waals surface area contributed by atoms with E-state index in [9.17, 15) is 8.42 Å². The van der Waals surface area contributed by atoms with Crippen molar-refractivity contribution in [1.29, 1.82) is 0 Å². The lowest BCUT2D eigenvalue weighted by Gasteiger charge is -2.11. The van der Waals surface area contributed by atoms with Gasteiger partial charge in [-0.3, -0.25) is 0 Å². The summed E-state index contributed by atoms with van der Waals surface area (Å²) in [5.41, 5.74) is 0. The zero-order chi connectivity index (χ0) is 12.7. The van der Waals surface area contributed by atoms with E-state index >= 15 is 0 Å². The van der Waals surface area contributed by atoms with Gasteiger partial charge >= 0.3 is 0 Å². The van der Waals surface area contributed by atoms with E-state index in [4.69, 9.17) is 0 Å². The SMILES string of the molecule is CC(CNCc1cccs1)SCCS(C)(=O)=O. The first-order chi connectivity index (χ1) is 7.97. The van der Waals surface area contributed by atoms with Gasteiger partial charge in [0.1, 0.15) is 9.84 Å². The maximum Gasteiger partial charge on any atom is 0.148 e. The van der Waals surface area contributed by atoms with Crippen LogP contribution < -0.4 is 5.32 Å². The highest BCUT2D eigenvalue weighted by Gasteiger charge is 2.06. The Labute approximate surface area is 112 Å². The number of hydrogen-bond acceptors (Lipinski definition) is 5. The van der Waals surface area contributed by atoms with Crippen LogP contribution in [0.5, 0.6) is 0 Å². The smallest absolute Gasteiger partial charge is 0.148 e. The largest absolute Gasteiger partial charge is 0.311 e. The second-order valence-corrected chi connectivity index (χ2v) is 8.86. The summed E-state index contributed by atoms with van der Waals surface area (Å²) in [5.74, 6) is 0.952. The van der Waals surface area contributed by atoms with Crippen molar-refractivity contribution < 1.29 is 8.42 Å². The van der Waals surface area contributed by atoms with Gasteiger partial charge < -0.3 is 5.32 Å². The van der Waals surface area contributed by atoms with Crippen LogP contribution in [0.15, 0.2) is 17.5 Å². The van der Waals surface area contributed by atoms with Crippen molar-refractivity contribution >= 4 is 32.9 Å². The lowest BCUT2D eigenvalue weighted by atomic mass is 10.4. The minimum absolute atomic E-state index is 0.271. The molecule has 17 heavy (non-hydrogen) atoms. The van der Waals surface area contributed by atoms with Crippen molar-refractivity contribution in [2.45, 2.75) is 18.7 Å². The highest BCUT2D eigenvalue weighted by molar-refractivity contribution is 8.01. The Balaban J connectivity index is 2.07. The molecular formula is C11H19NO2S3. The summed E-state index contributed by atoms with van der Waals surface area (Å²) >= 11 is 3.45. The van der Waals surface area contributed by atoms with Crippen molar-refractivity contribution in [3.8, 4) is 0 Å². The zero-order valence-corrected chi connectivity index (χ0v) is 12.6. The molecule has 98 valence electrons. The molecule has 0 aromatic carbocycles. The molecule has 3 nitrogen and oxygen atoms in total. The summed E-state index contributed by atoms with van der Waals surface area (Å²) in [4.78, 5) is 1.33. The van der Waals surface area contributed by atoms with Crippen LogP contribution in [0.3, 0.4) is 0 Å². The van der Waals surface area contributed by atoms with Crippen LogP contribution in [0.4, 0.5) is 0 Å². The van der Waals surface area contributed by atoms with E-state index in [0.29, 0.717) is 11.0 Å². The van der Waals surface area contributed by atoms with Gasteiger partial charge in [-0.05, 0) is 11.4 Å². The van der Waals surface area contributed by atoms with E-state index < -0.39 is 9.84 Å². The molecule has 0 aliphatic rings. The predicted molar refractivity (Wildman–Crippen MR) is 77.7 cm³/mol. The van der Waals surface area contributed by atoms with Crippen LogP contribution in [0, 0.1) is 0 Å². The first-order valence-corrected chi connectivity index (χ1v) is 9.48. The van der Waals surface area contributed by atoms with Crippen LogP contribution in [0.2, 0.25) is 0 Å². The van der Waals surface area contributed by atoms with Crippen LogP contribution in [0.25, 0.3) is 0 Å². The Morgan fingerprint density at radius 3 is 2.88 bits per heavy atom. The second kappa shape index (κ2) is 7.41. The molecule has 0 saturated heterocycles. The van der Waals surface area contributed by atoms with Crippen LogP contribution in [0.1, 0.15) is 11.8 Å². The Kier molecular flexibility index (Phi) is 6.54. The number of sulfone groups is 1. The van der Waals surface area contributed by atoms with Gasteiger partial charge in [-0.2, -0.15) is 11.8 Å². The lowest BCUT2D eigenvalue weighted by molar-refractivity contribution is 0.603. The van der Waals surface area contributed by atoms with Gasteiger partial charge in [0.05, 0.1) is 5.75 Å². The predicted octanol–water partition coefficient (Wildman–Crippen LogP) is 2.00. The molecule has 0 amide bonds. The first kappa shape index (κ1) is 15.0. The molecule has 0 radical (unpaired) electrons. The average Bonchev–Trinajstić information content (AvgIpc) is 2.68. The minimum atomic E-state index is -2.82. The molecule has 6 heteroatoms. The average molecular weight is 293 g/mol. The van der Waals surface area contributed by atoms with Gasteiger partial charge in [-0.25, -0.2) is 8.42 Å². The summed E-state index contributed by atoms with van der Waals surface area (Å²) in [7, 11) is -2.82. The number of nitrogens with one attached hydrogen (secondary N) is 1. The normalized spacial score (nSPS) is 13.8. The van der Waals surface area contributed by atoms with Gasteiger partial charge in [-0.15, -0.1) is 11.3 Å². The monoisotopic (exact) mass is 293 g/mol. The standard InChI is InChI=1S/C11H19NO2S3/c1-10(15-6-7-17(2,13)14)8-12-9-11-4-3-5-16-11/h3-5,10,12H,6-9H2,1-2H3. The molecule has 0 saturated carbocycles. The molecule has 0 bridgehead atoms. The van der Waals surface area contributed by atoms with Gasteiger partial charge in [-0.1, -0.05) is 13.0 Å². The molecule has 1 aromatic heterocycles.